The monoisotopic (exact) mass is 411 g/mol. The van der Waals surface area contributed by atoms with Crippen molar-refractivity contribution in [3.8, 4) is 0 Å². The fourth-order valence-corrected chi connectivity index (χ4v) is 2.87. The lowest BCUT2D eigenvalue weighted by Gasteiger charge is -2.18. The number of rotatable bonds is 4. The molecule has 0 spiro atoms. The van der Waals surface area contributed by atoms with Crippen molar-refractivity contribution >= 4 is 40.8 Å². The van der Waals surface area contributed by atoms with Crippen LogP contribution in [0.15, 0.2) is 48.5 Å². The van der Waals surface area contributed by atoms with E-state index in [0.29, 0.717) is 16.7 Å². The van der Waals surface area contributed by atoms with E-state index in [4.69, 9.17) is 11.6 Å². The highest BCUT2D eigenvalue weighted by molar-refractivity contribution is 6.30. The third-order valence-corrected chi connectivity index (χ3v) is 4.22. The lowest BCUT2D eigenvalue weighted by Crippen LogP contribution is -2.39. The van der Waals surface area contributed by atoms with Crippen molar-refractivity contribution in [2.45, 2.75) is 6.18 Å². The van der Waals surface area contributed by atoms with Crippen molar-refractivity contribution < 1.29 is 27.6 Å². The number of amides is 4. The average Bonchev–Trinajstić information content (AvgIpc) is 2.91. The summed E-state index contributed by atoms with van der Waals surface area (Å²) < 4.78 is 39.3. The van der Waals surface area contributed by atoms with Crippen molar-refractivity contribution in [2.75, 3.05) is 23.3 Å². The first-order valence-corrected chi connectivity index (χ1v) is 8.38. The summed E-state index contributed by atoms with van der Waals surface area (Å²) in [5.41, 5.74) is -1.17. The molecule has 1 saturated heterocycles. The molecule has 146 valence electrons. The number of anilines is 2. The van der Waals surface area contributed by atoms with Gasteiger partial charge in [-0.25, -0.2) is 4.79 Å². The lowest BCUT2D eigenvalue weighted by atomic mass is 10.1. The minimum Gasteiger partial charge on any atom is -0.324 e. The van der Waals surface area contributed by atoms with Gasteiger partial charge >= 0.3 is 12.2 Å². The zero-order chi connectivity index (χ0) is 20.5. The Hall–Kier alpha value is -3.07. The van der Waals surface area contributed by atoms with Gasteiger partial charge in [0, 0.05) is 10.7 Å². The Balaban J connectivity index is 1.74. The van der Waals surface area contributed by atoms with Gasteiger partial charge in [-0.3, -0.25) is 19.4 Å². The Morgan fingerprint density at radius 2 is 1.79 bits per heavy atom. The van der Waals surface area contributed by atoms with E-state index in [9.17, 15) is 27.6 Å². The third-order valence-electron chi connectivity index (χ3n) is 3.99. The Labute approximate surface area is 162 Å². The molecule has 1 heterocycles. The van der Waals surface area contributed by atoms with Crippen molar-refractivity contribution in [3.63, 3.8) is 0 Å². The first-order chi connectivity index (χ1) is 13.2. The van der Waals surface area contributed by atoms with Crippen LogP contribution in [0.2, 0.25) is 5.02 Å². The van der Waals surface area contributed by atoms with Gasteiger partial charge in [-0.15, -0.1) is 0 Å². The Bertz CT molecular complexity index is 935. The zero-order valence-corrected chi connectivity index (χ0v) is 14.9. The van der Waals surface area contributed by atoms with Crippen molar-refractivity contribution in [2.24, 2.45) is 0 Å². The highest BCUT2D eigenvalue weighted by Crippen LogP contribution is 2.36. The van der Waals surface area contributed by atoms with E-state index in [2.05, 4.69) is 5.32 Å². The van der Waals surface area contributed by atoms with Crippen LogP contribution >= 0.6 is 11.6 Å². The van der Waals surface area contributed by atoms with Crippen LogP contribution in [0.3, 0.4) is 0 Å². The molecule has 6 nitrogen and oxygen atoms in total. The highest BCUT2D eigenvalue weighted by Gasteiger charge is 2.38. The number of urea groups is 1. The van der Waals surface area contributed by atoms with Crippen LogP contribution in [-0.2, 0) is 15.8 Å². The third kappa shape index (κ3) is 4.09. The van der Waals surface area contributed by atoms with Gasteiger partial charge in [-0.1, -0.05) is 29.8 Å². The van der Waals surface area contributed by atoms with E-state index in [1.54, 1.807) is 30.3 Å². The Morgan fingerprint density at radius 1 is 1.11 bits per heavy atom. The van der Waals surface area contributed by atoms with E-state index in [-0.39, 0.29) is 11.6 Å². The molecule has 3 rings (SSSR count). The summed E-state index contributed by atoms with van der Waals surface area (Å²) in [7, 11) is 0. The fraction of sp³-hybridized carbons (Fsp3) is 0.167. The maximum atomic E-state index is 13.1. The molecule has 2 aromatic carbocycles. The molecular weight excluding hydrogens is 399 g/mol. The zero-order valence-electron chi connectivity index (χ0n) is 14.2. The van der Waals surface area contributed by atoms with Gasteiger partial charge in [0.2, 0.25) is 5.91 Å². The summed E-state index contributed by atoms with van der Waals surface area (Å²) in [4.78, 5) is 38.6. The van der Waals surface area contributed by atoms with E-state index in [1.807, 2.05) is 0 Å². The Morgan fingerprint density at radius 3 is 2.43 bits per heavy atom. The van der Waals surface area contributed by atoms with Gasteiger partial charge in [0.05, 0.1) is 11.3 Å². The van der Waals surface area contributed by atoms with Gasteiger partial charge in [-0.05, 0) is 30.3 Å². The second-order valence-corrected chi connectivity index (χ2v) is 6.36. The van der Waals surface area contributed by atoms with E-state index >= 15 is 0 Å². The quantitative estimate of drug-likeness (QED) is 0.779. The molecule has 0 aliphatic carbocycles. The Kier molecular flexibility index (Phi) is 5.28. The number of nitrogens with zero attached hydrogens (tertiary/aromatic N) is 2. The summed E-state index contributed by atoms with van der Waals surface area (Å²) in [5.74, 6) is -1.57. The molecule has 10 heteroatoms. The van der Waals surface area contributed by atoms with Gasteiger partial charge in [0.25, 0.3) is 5.91 Å². The minimum atomic E-state index is -4.74. The standard InChI is InChI=1S/C18H13ClF3N3O3/c19-11-6-7-14(13(8-11)18(20,21)22)23-15(26)9-25-16(27)10-24(17(25)28)12-4-2-1-3-5-12/h1-8H,9-10H2,(H,23,26). The molecule has 0 aromatic heterocycles. The van der Waals surface area contributed by atoms with Gasteiger partial charge in [0.15, 0.2) is 0 Å². The number of hydrogen-bond acceptors (Lipinski definition) is 3. The topological polar surface area (TPSA) is 69.7 Å². The molecule has 1 aliphatic heterocycles. The highest BCUT2D eigenvalue weighted by atomic mass is 35.5. The molecule has 1 aliphatic rings. The predicted octanol–water partition coefficient (Wildman–Crippen LogP) is 3.77. The first kappa shape index (κ1) is 19.7. The van der Waals surface area contributed by atoms with Crippen molar-refractivity contribution in [3.05, 3.63) is 59.1 Å². The van der Waals surface area contributed by atoms with Crippen LogP contribution in [-0.4, -0.2) is 35.8 Å². The largest absolute Gasteiger partial charge is 0.418 e. The summed E-state index contributed by atoms with van der Waals surface area (Å²) in [6, 6.07) is 10.5. The molecule has 1 fully saturated rings. The summed E-state index contributed by atoms with van der Waals surface area (Å²) in [6.07, 6.45) is -4.74. The molecule has 0 bridgehead atoms. The van der Waals surface area contributed by atoms with Crippen LogP contribution in [0.1, 0.15) is 5.56 Å². The second kappa shape index (κ2) is 7.51. The van der Waals surface area contributed by atoms with Gasteiger partial charge in [0.1, 0.15) is 13.1 Å². The van der Waals surface area contributed by atoms with Crippen LogP contribution in [0.25, 0.3) is 0 Å². The van der Waals surface area contributed by atoms with Crippen LogP contribution in [0.5, 0.6) is 0 Å². The predicted molar refractivity (Wildman–Crippen MR) is 96.0 cm³/mol. The van der Waals surface area contributed by atoms with E-state index in [1.165, 1.54) is 11.0 Å². The fourth-order valence-electron chi connectivity index (χ4n) is 2.70. The second-order valence-electron chi connectivity index (χ2n) is 5.92. The summed E-state index contributed by atoms with van der Waals surface area (Å²) >= 11 is 5.59. The van der Waals surface area contributed by atoms with Crippen LogP contribution in [0.4, 0.5) is 29.3 Å². The smallest absolute Gasteiger partial charge is 0.324 e. The van der Waals surface area contributed by atoms with Crippen molar-refractivity contribution in [1.82, 2.24) is 4.90 Å². The normalized spacial score (nSPS) is 14.6. The molecule has 0 atom stereocenters. The van der Waals surface area contributed by atoms with Crippen molar-refractivity contribution in [1.29, 1.82) is 0 Å². The molecule has 0 radical (unpaired) electrons. The van der Waals surface area contributed by atoms with Crippen LogP contribution < -0.4 is 10.2 Å². The van der Waals surface area contributed by atoms with Crippen LogP contribution in [0, 0.1) is 0 Å². The first-order valence-electron chi connectivity index (χ1n) is 8.00. The van der Waals surface area contributed by atoms with Gasteiger partial charge < -0.3 is 5.32 Å². The average molecular weight is 412 g/mol. The number of imide groups is 1. The van der Waals surface area contributed by atoms with E-state index in [0.717, 1.165) is 6.07 Å². The summed E-state index contributed by atoms with van der Waals surface area (Å²) in [5, 5.41) is 1.94. The summed E-state index contributed by atoms with van der Waals surface area (Å²) in [6.45, 7) is -0.966. The molecule has 0 unspecified atom stereocenters. The number of alkyl halides is 3. The molecule has 28 heavy (non-hydrogen) atoms. The van der Waals surface area contributed by atoms with Gasteiger partial charge in [-0.2, -0.15) is 13.2 Å². The maximum Gasteiger partial charge on any atom is 0.418 e. The number of carbonyl (C=O) groups is 3. The molecule has 0 saturated carbocycles. The number of para-hydroxylation sites is 1. The number of halogens is 4. The number of carbonyl (C=O) groups excluding carboxylic acids is 3. The molecule has 4 amide bonds. The molecule has 1 N–H and O–H groups in total. The molecule has 2 aromatic rings. The minimum absolute atomic E-state index is 0.145. The SMILES string of the molecule is O=C(CN1C(=O)CN(c2ccccc2)C1=O)Nc1ccc(Cl)cc1C(F)(F)F. The maximum absolute atomic E-state index is 13.1. The number of benzene rings is 2. The molecular formula is C18H13ClF3N3O3. The number of hydrogen-bond donors (Lipinski definition) is 1. The number of nitrogens with one attached hydrogen (secondary N) is 1. The lowest BCUT2D eigenvalue weighted by molar-refractivity contribution is -0.137. The van der Waals surface area contributed by atoms with E-state index < -0.39 is 41.8 Å².